The zero-order valence-electron chi connectivity index (χ0n) is 13.8. The number of carbonyl (C=O) groups excluding carboxylic acids is 1. The predicted molar refractivity (Wildman–Crippen MR) is 92.5 cm³/mol. The molecule has 1 atom stereocenters. The van der Waals surface area contributed by atoms with E-state index in [1.807, 2.05) is 0 Å². The minimum Gasteiger partial charge on any atom is -0.340 e. The Labute approximate surface area is 141 Å². The van der Waals surface area contributed by atoms with Gasteiger partial charge in [-0.05, 0) is 25.8 Å². The molecule has 5 heteroatoms. The maximum atomic E-state index is 12.7. The van der Waals surface area contributed by atoms with Crippen LogP contribution in [0.1, 0.15) is 51.4 Å². The Morgan fingerprint density at radius 2 is 1.50 bits per heavy atom. The summed E-state index contributed by atoms with van der Waals surface area (Å²) in [5.74, 6) is 0.783. The molecule has 4 nitrogen and oxygen atoms in total. The van der Waals surface area contributed by atoms with E-state index in [0.717, 1.165) is 52.1 Å². The highest BCUT2D eigenvalue weighted by Crippen LogP contribution is 2.24. The second-order valence-electron chi connectivity index (χ2n) is 7.05. The largest absolute Gasteiger partial charge is 0.340 e. The standard InChI is InChI=1S/C17H31N3O.ClH/c21-17(15-6-4-2-1-3-5-7-15)20-12-10-19(11-13-20)16-8-9-18-14-16;/h15-16,18H,1-14H2;1H. The van der Waals surface area contributed by atoms with Crippen molar-refractivity contribution in [3.8, 4) is 0 Å². The molecule has 0 aromatic heterocycles. The predicted octanol–water partition coefficient (Wildman–Crippen LogP) is 2.27. The number of nitrogens with one attached hydrogen (secondary N) is 1. The minimum atomic E-state index is 0. The lowest BCUT2D eigenvalue weighted by Gasteiger charge is -2.39. The Hall–Kier alpha value is -0.320. The first-order chi connectivity index (χ1) is 10.3. The first-order valence-corrected chi connectivity index (χ1v) is 9.08. The van der Waals surface area contributed by atoms with E-state index in [4.69, 9.17) is 0 Å². The van der Waals surface area contributed by atoms with Crippen molar-refractivity contribution in [1.82, 2.24) is 15.1 Å². The highest BCUT2D eigenvalue weighted by molar-refractivity contribution is 5.85. The van der Waals surface area contributed by atoms with E-state index in [0.29, 0.717) is 17.9 Å². The van der Waals surface area contributed by atoms with Crippen molar-refractivity contribution in [3.05, 3.63) is 0 Å². The van der Waals surface area contributed by atoms with Crippen LogP contribution in [0.3, 0.4) is 0 Å². The number of halogens is 1. The Morgan fingerprint density at radius 3 is 2.09 bits per heavy atom. The third kappa shape index (κ3) is 4.59. The summed E-state index contributed by atoms with van der Waals surface area (Å²) in [6, 6.07) is 0.712. The Balaban J connectivity index is 0.00000176. The van der Waals surface area contributed by atoms with Gasteiger partial charge in [0.15, 0.2) is 0 Å². The Bertz CT molecular complexity index is 331. The van der Waals surface area contributed by atoms with Crippen LogP contribution in [-0.4, -0.2) is 61.0 Å². The van der Waals surface area contributed by atoms with Crippen LogP contribution in [0.2, 0.25) is 0 Å². The molecular weight excluding hydrogens is 298 g/mol. The maximum Gasteiger partial charge on any atom is 0.225 e. The Kier molecular flexibility index (Phi) is 7.45. The first kappa shape index (κ1) is 18.0. The molecule has 1 aliphatic carbocycles. The normalized spacial score (nSPS) is 28.7. The second-order valence-corrected chi connectivity index (χ2v) is 7.05. The average Bonchev–Trinajstić information content (AvgIpc) is 3.01. The quantitative estimate of drug-likeness (QED) is 0.844. The molecule has 22 heavy (non-hydrogen) atoms. The van der Waals surface area contributed by atoms with E-state index >= 15 is 0 Å². The van der Waals surface area contributed by atoms with E-state index in [1.165, 1.54) is 38.5 Å². The fourth-order valence-electron chi connectivity index (χ4n) is 4.22. The van der Waals surface area contributed by atoms with Crippen molar-refractivity contribution in [2.75, 3.05) is 39.3 Å². The number of rotatable bonds is 2. The lowest BCUT2D eigenvalue weighted by atomic mass is 9.90. The van der Waals surface area contributed by atoms with Crippen LogP contribution < -0.4 is 5.32 Å². The van der Waals surface area contributed by atoms with Gasteiger partial charge in [0.1, 0.15) is 0 Å². The summed E-state index contributed by atoms with van der Waals surface area (Å²) in [5.41, 5.74) is 0. The molecule has 1 saturated carbocycles. The van der Waals surface area contributed by atoms with Crippen LogP contribution in [0, 0.1) is 5.92 Å². The smallest absolute Gasteiger partial charge is 0.225 e. The van der Waals surface area contributed by atoms with Gasteiger partial charge < -0.3 is 10.2 Å². The molecule has 0 bridgehead atoms. The molecular formula is C17H32ClN3O. The van der Waals surface area contributed by atoms with Crippen LogP contribution in [0.15, 0.2) is 0 Å². The molecule has 2 aliphatic heterocycles. The van der Waals surface area contributed by atoms with Crippen molar-refractivity contribution >= 4 is 18.3 Å². The van der Waals surface area contributed by atoms with Crippen LogP contribution in [0.5, 0.6) is 0 Å². The second kappa shape index (κ2) is 9.09. The summed E-state index contributed by atoms with van der Waals surface area (Å²) in [4.78, 5) is 17.5. The lowest BCUT2D eigenvalue weighted by molar-refractivity contribution is -0.138. The Morgan fingerprint density at radius 1 is 0.864 bits per heavy atom. The number of amides is 1. The number of piperazine rings is 1. The summed E-state index contributed by atoms with van der Waals surface area (Å²) in [5, 5.41) is 3.45. The first-order valence-electron chi connectivity index (χ1n) is 9.08. The molecule has 0 spiro atoms. The molecule has 2 heterocycles. The van der Waals surface area contributed by atoms with Crippen LogP contribution >= 0.6 is 12.4 Å². The zero-order chi connectivity index (χ0) is 14.5. The van der Waals surface area contributed by atoms with Crippen molar-refractivity contribution in [3.63, 3.8) is 0 Å². The van der Waals surface area contributed by atoms with Gasteiger partial charge in [0.2, 0.25) is 5.91 Å². The van der Waals surface area contributed by atoms with Gasteiger partial charge in [0.25, 0.3) is 0 Å². The van der Waals surface area contributed by atoms with Gasteiger partial charge in [-0.2, -0.15) is 0 Å². The molecule has 3 aliphatic rings. The number of hydrogen-bond acceptors (Lipinski definition) is 3. The fourth-order valence-corrected chi connectivity index (χ4v) is 4.22. The zero-order valence-corrected chi connectivity index (χ0v) is 14.6. The number of nitrogens with zero attached hydrogens (tertiary/aromatic N) is 2. The van der Waals surface area contributed by atoms with E-state index in [9.17, 15) is 4.79 Å². The average molecular weight is 330 g/mol. The van der Waals surface area contributed by atoms with E-state index in [2.05, 4.69) is 15.1 Å². The van der Waals surface area contributed by atoms with E-state index in [-0.39, 0.29) is 12.4 Å². The minimum absolute atomic E-state index is 0. The SMILES string of the molecule is Cl.O=C(C1CCCCCCC1)N1CCN(C2CCNC2)CC1. The fraction of sp³-hybridized carbons (Fsp3) is 0.941. The van der Waals surface area contributed by atoms with Gasteiger partial charge in [-0.15, -0.1) is 12.4 Å². The van der Waals surface area contributed by atoms with Crippen LogP contribution in [0.25, 0.3) is 0 Å². The highest BCUT2D eigenvalue weighted by Gasteiger charge is 2.30. The van der Waals surface area contributed by atoms with Gasteiger partial charge in [-0.25, -0.2) is 0 Å². The molecule has 3 fully saturated rings. The number of carbonyl (C=O) groups is 1. The van der Waals surface area contributed by atoms with E-state index < -0.39 is 0 Å². The molecule has 128 valence electrons. The molecule has 1 unspecified atom stereocenters. The van der Waals surface area contributed by atoms with Crippen molar-refractivity contribution in [2.45, 2.75) is 57.4 Å². The number of hydrogen-bond donors (Lipinski definition) is 1. The molecule has 1 N–H and O–H groups in total. The third-order valence-electron chi connectivity index (χ3n) is 5.63. The summed E-state index contributed by atoms with van der Waals surface area (Å²) in [6.07, 6.45) is 10.1. The molecule has 0 aromatic carbocycles. The molecule has 2 saturated heterocycles. The molecule has 3 rings (SSSR count). The van der Waals surface area contributed by atoms with Crippen molar-refractivity contribution < 1.29 is 4.79 Å². The summed E-state index contributed by atoms with van der Waals surface area (Å²) < 4.78 is 0. The van der Waals surface area contributed by atoms with Gasteiger partial charge in [-0.3, -0.25) is 9.69 Å². The van der Waals surface area contributed by atoms with Gasteiger partial charge >= 0.3 is 0 Å². The highest BCUT2D eigenvalue weighted by atomic mass is 35.5. The summed E-state index contributed by atoms with van der Waals surface area (Å²) in [7, 11) is 0. The summed E-state index contributed by atoms with van der Waals surface area (Å²) in [6.45, 7) is 6.34. The van der Waals surface area contributed by atoms with Crippen molar-refractivity contribution in [1.29, 1.82) is 0 Å². The molecule has 0 aromatic rings. The van der Waals surface area contributed by atoms with Gasteiger partial charge in [0.05, 0.1) is 0 Å². The third-order valence-corrected chi connectivity index (χ3v) is 5.63. The van der Waals surface area contributed by atoms with Crippen molar-refractivity contribution in [2.24, 2.45) is 5.92 Å². The molecule has 0 radical (unpaired) electrons. The van der Waals surface area contributed by atoms with Crippen LogP contribution in [-0.2, 0) is 4.79 Å². The van der Waals surface area contributed by atoms with Gasteiger partial charge in [0, 0.05) is 44.7 Å². The molecule has 1 amide bonds. The monoisotopic (exact) mass is 329 g/mol. The topological polar surface area (TPSA) is 35.6 Å². The maximum absolute atomic E-state index is 12.7. The van der Waals surface area contributed by atoms with Gasteiger partial charge in [-0.1, -0.05) is 32.1 Å². The summed E-state index contributed by atoms with van der Waals surface area (Å²) >= 11 is 0. The van der Waals surface area contributed by atoms with Crippen LogP contribution in [0.4, 0.5) is 0 Å². The lowest BCUT2D eigenvalue weighted by Crippen LogP contribution is -2.53. The van der Waals surface area contributed by atoms with E-state index in [1.54, 1.807) is 0 Å².